The number of rotatable bonds is 7. The van der Waals surface area contributed by atoms with Crippen molar-refractivity contribution in [2.45, 2.75) is 25.8 Å². The van der Waals surface area contributed by atoms with Crippen LogP contribution in [0.4, 0.5) is 0 Å². The van der Waals surface area contributed by atoms with Gasteiger partial charge in [-0.05, 0) is 19.4 Å². The van der Waals surface area contributed by atoms with Crippen molar-refractivity contribution in [3.05, 3.63) is 11.9 Å². The SMILES string of the molecule is COCCCCn1cc(CCN)nn1. The fourth-order valence-electron chi connectivity index (χ4n) is 1.23. The van der Waals surface area contributed by atoms with Gasteiger partial charge in [0.15, 0.2) is 0 Å². The number of nitrogens with two attached hydrogens (primary N) is 1. The number of nitrogens with zero attached hydrogens (tertiary/aromatic N) is 3. The molecule has 0 atom stereocenters. The van der Waals surface area contributed by atoms with Crippen molar-refractivity contribution in [3.8, 4) is 0 Å². The Kier molecular flexibility index (Phi) is 5.17. The van der Waals surface area contributed by atoms with E-state index in [1.54, 1.807) is 7.11 Å². The topological polar surface area (TPSA) is 66.0 Å². The standard InChI is InChI=1S/C9H18N4O/c1-14-7-3-2-6-13-8-9(4-5-10)11-12-13/h8H,2-7,10H2,1H3. The summed E-state index contributed by atoms with van der Waals surface area (Å²) in [7, 11) is 1.72. The van der Waals surface area contributed by atoms with Gasteiger partial charge in [0.05, 0.1) is 5.69 Å². The van der Waals surface area contributed by atoms with Crippen LogP contribution in [-0.2, 0) is 17.7 Å². The lowest BCUT2D eigenvalue weighted by Gasteiger charge is -1.99. The second kappa shape index (κ2) is 6.50. The maximum absolute atomic E-state index is 5.42. The normalized spacial score (nSPS) is 10.7. The molecule has 0 aliphatic heterocycles. The molecule has 0 aliphatic rings. The lowest BCUT2D eigenvalue weighted by Crippen LogP contribution is -2.02. The summed E-state index contributed by atoms with van der Waals surface area (Å²) >= 11 is 0. The number of hydrogen-bond donors (Lipinski definition) is 1. The predicted octanol–water partition coefficient (Wildman–Crippen LogP) is 0.206. The zero-order valence-corrected chi connectivity index (χ0v) is 8.65. The van der Waals surface area contributed by atoms with Crippen LogP contribution in [0.3, 0.4) is 0 Å². The molecular formula is C9H18N4O. The lowest BCUT2D eigenvalue weighted by molar-refractivity contribution is 0.191. The molecule has 0 saturated heterocycles. The Bertz CT molecular complexity index is 249. The average molecular weight is 198 g/mol. The molecule has 0 saturated carbocycles. The lowest BCUT2D eigenvalue weighted by atomic mass is 10.3. The van der Waals surface area contributed by atoms with Crippen LogP contribution in [0.5, 0.6) is 0 Å². The van der Waals surface area contributed by atoms with E-state index in [0.29, 0.717) is 6.54 Å². The Morgan fingerprint density at radius 3 is 3.07 bits per heavy atom. The second-order valence-corrected chi connectivity index (χ2v) is 3.21. The van der Waals surface area contributed by atoms with Crippen LogP contribution in [-0.4, -0.2) is 35.3 Å². The summed E-state index contributed by atoms with van der Waals surface area (Å²) in [6, 6.07) is 0. The molecule has 1 rings (SSSR count). The maximum Gasteiger partial charge on any atom is 0.0839 e. The van der Waals surface area contributed by atoms with Gasteiger partial charge in [-0.15, -0.1) is 5.10 Å². The van der Waals surface area contributed by atoms with Crippen molar-refractivity contribution in [2.24, 2.45) is 5.73 Å². The molecule has 0 fully saturated rings. The van der Waals surface area contributed by atoms with Gasteiger partial charge in [0.1, 0.15) is 0 Å². The Labute approximate surface area is 84.2 Å². The van der Waals surface area contributed by atoms with Gasteiger partial charge < -0.3 is 10.5 Å². The minimum absolute atomic E-state index is 0.627. The van der Waals surface area contributed by atoms with E-state index in [0.717, 1.165) is 38.1 Å². The number of aryl methyl sites for hydroxylation is 1. The van der Waals surface area contributed by atoms with E-state index in [-0.39, 0.29) is 0 Å². The molecule has 1 aromatic heterocycles. The van der Waals surface area contributed by atoms with Gasteiger partial charge in [0, 0.05) is 32.9 Å². The minimum Gasteiger partial charge on any atom is -0.385 e. The van der Waals surface area contributed by atoms with Gasteiger partial charge >= 0.3 is 0 Å². The van der Waals surface area contributed by atoms with Crippen molar-refractivity contribution >= 4 is 0 Å². The van der Waals surface area contributed by atoms with Crippen molar-refractivity contribution in [2.75, 3.05) is 20.3 Å². The summed E-state index contributed by atoms with van der Waals surface area (Å²) in [5.74, 6) is 0. The summed E-state index contributed by atoms with van der Waals surface area (Å²) < 4.78 is 6.82. The van der Waals surface area contributed by atoms with Crippen LogP contribution in [0.2, 0.25) is 0 Å². The van der Waals surface area contributed by atoms with Crippen molar-refractivity contribution < 1.29 is 4.74 Å². The summed E-state index contributed by atoms with van der Waals surface area (Å²) in [6.45, 7) is 2.34. The molecule has 14 heavy (non-hydrogen) atoms. The van der Waals surface area contributed by atoms with Gasteiger partial charge in [-0.2, -0.15) is 0 Å². The van der Waals surface area contributed by atoms with Crippen molar-refractivity contribution in [1.82, 2.24) is 15.0 Å². The van der Waals surface area contributed by atoms with Gasteiger partial charge in [0.25, 0.3) is 0 Å². The molecule has 0 amide bonds. The second-order valence-electron chi connectivity index (χ2n) is 3.21. The molecule has 5 nitrogen and oxygen atoms in total. The van der Waals surface area contributed by atoms with Gasteiger partial charge in [-0.3, -0.25) is 4.68 Å². The number of ether oxygens (including phenoxy) is 1. The van der Waals surface area contributed by atoms with Crippen molar-refractivity contribution in [3.63, 3.8) is 0 Å². The number of aromatic nitrogens is 3. The van der Waals surface area contributed by atoms with E-state index >= 15 is 0 Å². The van der Waals surface area contributed by atoms with E-state index in [2.05, 4.69) is 10.3 Å². The predicted molar refractivity (Wildman–Crippen MR) is 53.9 cm³/mol. The number of hydrogen-bond acceptors (Lipinski definition) is 4. The third kappa shape index (κ3) is 3.85. The average Bonchev–Trinajstić information content (AvgIpc) is 2.61. The first-order valence-corrected chi connectivity index (χ1v) is 4.95. The summed E-state index contributed by atoms with van der Waals surface area (Å²) in [6.07, 6.45) is 4.89. The van der Waals surface area contributed by atoms with Crippen LogP contribution in [0, 0.1) is 0 Å². The van der Waals surface area contributed by atoms with E-state index in [4.69, 9.17) is 10.5 Å². The molecule has 5 heteroatoms. The molecule has 0 unspecified atom stereocenters. The Morgan fingerprint density at radius 2 is 2.36 bits per heavy atom. The van der Waals surface area contributed by atoms with E-state index in [1.807, 2.05) is 10.9 Å². The third-order valence-corrected chi connectivity index (χ3v) is 1.97. The molecule has 0 aromatic carbocycles. The fourth-order valence-corrected chi connectivity index (χ4v) is 1.23. The highest BCUT2D eigenvalue weighted by Crippen LogP contribution is 1.97. The smallest absolute Gasteiger partial charge is 0.0839 e. The zero-order chi connectivity index (χ0) is 10.2. The van der Waals surface area contributed by atoms with Gasteiger partial charge in [-0.1, -0.05) is 5.21 Å². The number of methoxy groups -OCH3 is 1. The fraction of sp³-hybridized carbons (Fsp3) is 0.778. The summed E-state index contributed by atoms with van der Waals surface area (Å²) in [5, 5.41) is 8.01. The molecule has 0 aliphatic carbocycles. The minimum atomic E-state index is 0.627. The number of unbranched alkanes of at least 4 members (excludes halogenated alkanes) is 1. The molecule has 1 heterocycles. The highest BCUT2D eigenvalue weighted by atomic mass is 16.5. The summed E-state index contributed by atoms with van der Waals surface area (Å²) in [4.78, 5) is 0. The molecular weight excluding hydrogens is 180 g/mol. The first-order valence-electron chi connectivity index (χ1n) is 4.95. The molecule has 80 valence electrons. The largest absolute Gasteiger partial charge is 0.385 e. The first kappa shape index (κ1) is 11.1. The van der Waals surface area contributed by atoms with E-state index in [1.165, 1.54) is 0 Å². The van der Waals surface area contributed by atoms with E-state index in [9.17, 15) is 0 Å². The van der Waals surface area contributed by atoms with Crippen LogP contribution < -0.4 is 5.73 Å². The van der Waals surface area contributed by atoms with Gasteiger partial charge in [0.2, 0.25) is 0 Å². The van der Waals surface area contributed by atoms with Crippen LogP contribution in [0.1, 0.15) is 18.5 Å². The van der Waals surface area contributed by atoms with Crippen LogP contribution in [0.15, 0.2) is 6.20 Å². The molecule has 0 radical (unpaired) electrons. The molecule has 2 N–H and O–H groups in total. The van der Waals surface area contributed by atoms with Crippen LogP contribution in [0.25, 0.3) is 0 Å². The maximum atomic E-state index is 5.42. The van der Waals surface area contributed by atoms with Crippen molar-refractivity contribution in [1.29, 1.82) is 0 Å². The quantitative estimate of drug-likeness (QED) is 0.636. The highest BCUT2D eigenvalue weighted by molar-refractivity contribution is 4.92. The molecule has 0 bridgehead atoms. The third-order valence-electron chi connectivity index (χ3n) is 1.97. The Hall–Kier alpha value is -0.940. The monoisotopic (exact) mass is 198 g/mol. The van der Waals surface area contributed by atoms with Gasteiger partial charge in [-0.25, -0.2) is 0 Å². The molecule has 1 aromatic rings. The first-order chi connectivity index (χ1) is 6.86. The highest BCUT2D eigenvalue weighted by Gasteiger charge is 1.98. The van der Waals surface area contributed by atoms with E-state index < -0.39 is 0 Å². The zero-order valence-electron chi connectivity index (χ0n) is 8.65. The Morgan fingerprint density at radius 1 is 1.50 bits per heavy atom. The summed E-state index contributed by atoms with van der Waals surface area (Å²) in [5.41, 5.74) is 6.39. The van der Waals surface area contributed by atoms with Crippen LogP contribution >= 0.6 is 0 Å². The Balaban J connectivity index is 2.22. The molecule has 0 spiro atoms.